The maximum absolute atomic E-state index is 13.1. The predicted octanol–water partition coefficient (Wildman–Crippen LogP) is 17.0. The van der Waals surface area contributed by atoms with Crippen molar-refractivity contribution in [3.05, 3.63) is 192 Å². The minimum absolute atomic E-state index is 0.121. The minimum atomic E-state index is -4.17. The van der Waals surface area contributed by atoms with Gasteiger partial charge in [-0.15, -0.1) is 0 Å². The molecule has 9 rings (SSSR count). The second-order valence-corrected chi connectivity index (χ2v) is 17.1. The largest absolute Gasteiger partial charge is 0.507 e. The summed E-state index contributed by atoms with van der Waals surface area (Å²) in [6, 6.07) is 46.7. The van der Waals surface area contributed by atoms with Crippen molar-refractivity contribution >= 4 is 11.0 Å². The number of aromatic hydroxyl groups is 1. The van der Waals surface area contributed by atoms with Gasteiger partial charge in [-0.3, -0.25) is 9.55 Å². The van der Waals surface area contributed by atoms with E-state index < -0.39 is 92.0 Å². The molecule has 4 nitrogen and oxygen atoms in total. The Morgan fingerprint density at radius 2 is 1.15 bits per heavy atom. The van der Waals surface area contributed by atoms with Crippen LogP contribution < -0.4 is 0 Å². The zero-order valence-electron chi connectivity index (χ0n) is 57.0. The van der Waals surface area contributed by atoms with E-state index in [2.05, 4.69) is 0 Å². The lowest BCUT2D eigenvalue weighted by molar-refractivity contribution is 0.446. The van der Waals surface area contributed by atoms with Gasteiger partial charge < -0.3 is 5.11 Å². The summed E-state index contributed by atoms with van der Waals surface area (Å²) in [4.78, 5) is 10.0. The van der Waals surface area contributed by atoms with Gasteiger partial charge in [0.25, 0.3) is 0 Å². The van der Waals surface area contributed by atoms with Gasteiger partial charge in [0.1, 0.15) is 11.6 Å². The van der Waals surface area contributed by atoms with Gasteiger partial charge in [-0.1, -0.05) is 178 Å². The van der Waals surface area contributed by atoms with E-state index >= 15 is 0 Å². The molecule has 0 aliphatic carbocycles. The van der Waals surface area contributed by atoms with Crippen molar-refractivity contribution in [1.82, 2.24) is 14.5 Å². The molecule has 9 aromatic rings. The van der Waals surface area contributed by atoms with Crippen molar-refractivity contribution in [2.45, 2.75) is 91.4 Å². The number of phenolic OH excluding ortho intramolecular Hbond substituents is 1. The third-order valence-electron chi connectivity index (χ3n) is 12.0. The average Bonchev–Trinajstić information content (AvgIpc) is 0.774. The third-order valence-corrected chi connectivity index (χ3v) is 12.0. The summed E-state index contributed by atoms with van der Waals surface area (Å²) in [5.41, 5.74) is -3.53. The summed E-state index contributed by atoms with van der Waals surface area (Å²) in [6.07, 6.45) is 1.68. The van der Waals surface area contributed by atoms with Gasteiger partial charge >= 0.3 is 0 Å². The maximum atomic E-state index is 13.1. The standard InChI is InChI=1S/C62H61N3O/c1-39(2)41-24-26-43(27-25-41)46-30-31-63-55(36-46)49-33-47(42-18-13-11-14-19-42)32-48(34-49)51-22-17-23-57-58(51)64-60(53-37-50(61(5,6)7)38-54(59(53)66)62(8,9)10)65(57)56-29-28-45(40(3)4)35-52(56)44-20-15-12-16-21-44/h11-40,66H,1-10H3/i5D3,6D3,7D3,8D3,9D3,10D3,39D,40D. The molecular weight excluding hydrogens is 803 g/mol. The fourth-order valence-corrected chi connectivity index (χ4v) is 8.45. The normalized spacial score (nSPS) is 18.1. The highest BCUT2D eigenvalue weighted by Crippen LogP contribution is 2.46. The highest BCUT2D eigenvalue weighted by atomic mass is 16.3. The van der Waals surface area contributed by atoms with Crippen molar-refractivity contribution in [3.63, 3.8) is 0 Å². The number of hydrogen-bond donors (Lipinski definition) is 1. The van der Waals surface area contributed by atoms with Crippen LogP contribution >= 0.6 is 0 Å². The van der Waals surface area contributed by atoms with E-state index in [0.29, 0.717) is 45.1 Å². The van der Waals surface area contributed by atoms with E-state index in [9.17, 15) is 5.11 Å². The molecule has 66 heavy (non-hydrogen) atoms. The van der Waals surface area contributed by atoms with E-state index in [4.69, 9.17) is 37.4 Å². The Hall–Kier alpha value is -7.04. The summed E-state index contributed by atoms with van der Waals surface area (Å²) >= 11 is 0. The highest BCUT2D eigenvalue weighted by molar-refractivity contribution is 5.98. The number of fused-ring (bicyclic) bond motifs is 1. The van der Waals surface area contributed by atoms with Gasteiger partial charge in [0.05, 0.1) is 28.0 Å². The summed E-state index contributed by atoms with van der Waals surface area (Å²) < 4.78 is 178. The predicted molar refractivity (Wildman–Crippen MR) is 279 cm³/mol. The second-order valence-electron chi connectivity index (χ2n) is 17.1. The van der Waals surface area contributed by atoms with Crippen LogP contribution in [-0.4, -0.2) is 19.6 Å². The Kier molecular flexibility index (Phi) is 6.91. The van der Waals surface area contributed by atoms with Crippen LogP contribution in [0.25, 0.3) is 83.9 Å². The van der Waals surface area contributed by atoms with Crippen LogP contribution in [0.5, 0.6) is 5.75 Å². The molecule has 4 heteroatoms. The van der Waals surface area contributed by atoms with Crippen LogP contribution in [0, 0.1) is 0 Å². The van der Waals surface area contributed by atoms with E-state index in [0.717, 1.165) is 27.8 Å². The molecule has 7 aromatic carbocycles. The molecule has 0 radical (unpaired) electrons. The van der Waals surface area contributed by atoms with Crippen LogP contribution in [0.2, 0.25) is 0 Å². The Morgan fingerprint density at radius 3 is 1.83 bits per heavy atom. The minimum Gasteiger partial charge on any atom is -0.507 e. The molecule has 0 unspecified atom stereocenters. The Balaban J connectivity index is 1.48. The summed E-state index contributed by atoms with van der Waals surface area (Å²) in [7, 11) is 0. The summed E-state index contributed by atoms with van der Waals surface area (Å²) in [6.45, 7) is -17.8. The van der Waals surface area contributed by atoms with Crippen LogP contribution in [0.4, 0.5) is 0 Å². The first-order valence-corrected chi connectivity index (χ1v) is 21.5. The van der Waals surface area contributed by atoms with Crippen molar-refractivity contribution in [2.24, 2.45) is 0 Å². The lowest BCUT2D eigenvalue weighted by Gasteiger charge is -2.27. The van der Waals surface area contributed by atoms with E-state index in [1.165, 1.54) is 4.57 Å². The van der Waals surface area contributed by atoms with Gasteiger partial charge in [-0.2, -0.15) is 0 Å². The molecule has 0 amide bonds. The van der Waals surface area contributed by atoms with Gasteiger partial charge in [0, 0.05) is 55.9 Å². The van der Waals surface area contributed by atoms with Crippen molar-refractivity contribution in [3.8, 4) is 78.6 Å². The van der Waals surface area contributed by atoms with E-state index in [1.54, 1.807) is 86.8 Å². The fourth-order valence-electron chi connectivity index (χ4n) is 8.45. The van der Waals surface area contributed by atoms with Crippen LogP contribution in [0.15, 0.2) is 170 Å². The zero-order valence-corrected chi connectivity index (χ0v) is 37.0. The number of imidazole rings is 1. The molecule has 0 bridgehead atoms. The number of phenols is 1. The maximum Gasteiger partial charge on any atom is 0.149 e. The lowest BCUT2D eigenvalue weighted by Crippen LogP contribution is -2.17. The molecule has 2 heterocycles. The number of nitrogens with zero attached hydrogens (tertiary/aromatic N) is 3. The SMILES string of the molecule is [2H]C(C)(C)c1ccc(-c2ccnc(-c3cc(-c4ccccc4)cc(-c4cccc5c4nc(-c4cc(C(C([2H])([2H])[2H])(C([2H])([2H])[2H])C([2H])([2H])[2H])cc(C(C([2H])([2H])[2H])(C([2H])([2H])[2H])C([2H])([2H])[2H])c4O)n5-c4ccc(C([2H])(C)C)cc4-c4ccccc4)c3)c2)cc1. The van der Waals surface area contributed by atoms with Gasteiger partial charge in [0.2, 0.25) is 0 Å². The molecule has 0 saturated carbocycles. The number of pyridine rings is 1. The van der Waals surface area contributed by atoms with Crippen molar-refractivity contribution in [2.75, 3.05) is 0 Å². The molecule has 1 N–H and O–H groups in total. The lowest BCUT2D eigenvalue weighted by atomic mass is 9.79. The molecular formula is C62H61N3O. The third kappa shape index (κ3) is 8.61. The number of benzene rings is 7. The van der Waals surface area contributed by atoms with E-state index in [1.807, 2.05) is 98.8 Å². The van der Waals surface area contributed by atoms with Crippen LogP contribution in [-0.2, 0) is 10.8 Å². The van der Waals surface area contributed by atoms with Gasteiger partial charge in [-0.05, 0) is 127 Å². The summed E-state index contributed by atoms with van der Waals surface area (Å²) in [5.74, 6) is -3.90. The van der Waals surface area contributed by atoms with Crippen LogP contribution in [0.1, 0.15) is 130 Å². The van der Waals surface area contributed by atoms with E-state index in [-0.39, 0.29) is 22.8 Å². The van der Waals surface area contributed by atoms with Crippen molar-refractivity contribution in [1.29, 1.82) is 0 Å². The molecule has 330 valence electrons. The first-order chi connectivity index (χ1) is 39.6. The molecule has 0 aliphatic rings. The number of hydrogen-bond acceptors (Lipinski definition) is 3. The van der Waals surface area contributed by atoms with Gasteiger partial charge in [-0.25, -0.2) is 4.98 Å². The fraction of sp³-hybridized carbons (Fsp3) is 0.226. The van der Waals surface area contributed by atoms with Gasteiger partial charge in [0.15, 0.2) is 0 Å². The highest BCUT2D eigenvalue weighted by Gasteiger charge is 2.29. The average molecular weight is 884 g/mol. The molecule has 0 atom stereocenters. The number of para-hydroxylation sites is 1. The Labute approximate surface area is 419 Å². The zero-order chi connectivity index (χ0) is 63.3. The monoisotopic (exact) mass is 884 g/mol. The molecule has 0 aliphatic heterocycles. The Morgan fingerprint density at radius 1 is 0.515 bits per heavy atom. The Bertz CT molecular complexity index is 3920. The second kappa shape index (κ2) is 17.4. The molecule has 2 aromatic heterocycles. The van der Waals surface area contributed by atoms with Crippen molar-refractivity contribution < 1.29 is 32.5 Å². The smallest absolute Gasteiger partial charge is 0.149 e. The molecule has 0 saturated heterocycles. The first kappa shape index (κ1) is 26.2. The topological polar surface area (TPSA) is 50.9 Å². The summed E-state index contributed by atoms with van der Waals surface area (Å²) in [5, 5.41) is 13.1. The van der Waals surface area contributed by atoms with Crippen LogP contribution in [0.3, 0.4) is 0 Å². The quantitative estimate of drug-likeness (QED) is 0.157. The number of aromatic nitrogens is 3. The number of rotatable bonds is 9. The first-order valence-electron chi connectivity index (χ1n) is 31.5. The molecule has 0 spiro atoms. The molecule has 0 fully saturated rings.